The van der Waals surface area contributed by atoms with Gasteiger partial charge in [-0.15, -0.1) is 16.4 Å². The van der Waals surface area contributed by atoms with Crippen LogP contribution in [-0.4, -0.2) is 61.3 Å². The van der Waals surface area contributed by atoms with Crippen molar-refractivity contribution >= 4 is 27.0 Å². The van der Waals surface area contributed by atoms with Gasteiger partial charge >= 0.3 is 6.01 Å². The van der Waals surface area contributed by atoms with Crippen LogP contribution in [0.3, 0.4) is 0 Å². The summed E-state index contributed by atoms with van der Waals surface area (Å²) < 4.78 is 36.5. The number of benzene rings is 1. The molecule has 34 heavy (non-hydrogen) atoms. The van der Waals surface area contributed by atoms with Crippen molar-refractivity contribution in [2.75, 3.05) is 38.1 Å². The highest BCUT2D eigenvalue weighted by Crippen LogP contribution is 2.29. The fourth-order valence-electron chi connectivity index (χ4n) is 4.13. The van der Waals surface area contributed by atoms with E-state index in [1.807, 2.05) is 39.0 Å². The van der Waals surface area contributed by atoms with Crippen molar-refractivity contribution in [2.24, 2.45) is 0 Å². The number of anilines is 1. The number of thiophene rings is 1. The first-order valence-corrected chi connectivity index (χ1v) is 13.7. The Bertz CT molecular complexity index is 1250. The fraction of sp³-hybridized carbons (Fsp3) is 0.478. The van der Waals surface area contributed by atoms with Crippen molar-refractivity contribution in [3.8, 4) is 11.8 Å². The molecule has 0 radical (unpaired) electrons. The molecule has 2 aromatic heterocycles. The van der Waals surface area contributed by atoms with Crippen LogP contribution in [0.5, 0.6) is 11.8 Å². The number of rotatable bonds is 8. The van der Waals surface area contributed by atoms with Gasteiger partial charge in [0, 0.05) is 54.2 Å². The van der Waals surface area contributed by atoms with Crippen LogP contribution in [-0.2, 0) is 16.6 Å². The normalized spacial score (nSPS) is 16.1. The van der Waals surface area contributed by atoms with Crippen molar-refractivity contribution in [1.82, 2.24) is 24.4 Å². The van der Waals surface area contributed by atoms with E-state index in [4.69, 9.17) is 4.74 Å². The molecule has 0 amide bonds. The third-order valence-electron chi connectivity index (χ3n) is 5.96. The molecule has 0 bridgehead atoms. The molecule has 0 aliphatic carbocycles. The molecular formula is C23H32N6O3S2. The molecule has 1 aliphatic rings. The number of aryl methyl sites for hydroxylation is 2. The standard InChI is InChI=1S/C23H32N6O3S2/c1-6-29-22(17(3)26-34(30,31)21-14-16(2)33-18(21)4)24-25-23(29)32-20-9-7-8-19(15-20)28-12-10-27(5)11-13-28/h7-9,14-15,17,26H,6,10-13H2,1-5H3/t17-/m1/s1. The summed E-state index contributed by atoms with van der Waals surface area (Å²) in [4.78, 5) is 6.68. The van der Waals surface area contributed by atoms with E-state index >= 15 is 0 Å². The van der Waals surface area contributed by atoms with Crippen molar-refractivity contribution in [2.45, 2.75) is 45.2 Å². The first kappa shape index (κ1) is 24.6. The molecule has 1 fully saturated rings. The average Bonchev–Trinajstić information content (AvgIpc) is 3.36. The number of hydrogen-bond donors (Lipinski definition) is 1. The summed E-state index contributed by atoms with van der Waals surface area (Å²) in [6.45, 7) is 12.0. The number of aromatic nitrogens is 3. The van der Waals surface area contributed by atoms with Crippen molar-refractivity contribution in [3.63, 3.8) is 0 Å². The summed E-state index contributed by atoms with van der Waals surface area (Å²) in [5.41, 5.74) is 1.11. The van der Waals surface area contributed by atoms with E-state index in [-0.39, 0.29) is 0 Å². The molecule has 1 atom stereocenters. The van der Waals surface area contributed by atoms with Gasteiger partial charge in [-0.25, -0.2) is 13.1 Å². The Kier molecular flexibility index (Phi) is 7.27. The zero-order valence-corrected chi connectivity index (χ0v) is 21.9. The number of nitrogens with one attached hydrogen (secondary N) is 1. The number of ether oxygens (including phenoxy) is 1. The molecule has 3 heterocycles. The lowest BCUT2D eigenvalue weighted by molar-refractivity contribution is 0.312. The Balaban J connectivity index is 1.51. The highest BCUT2D eigenvalue weighted by Gasteiger charge is 2.26. The first-order valence-electron chi connectivity index (χ1n) is 11.4. The number of piperazine rings is 1. The molecule has 1 aliphatic heterocycles. The van der Waals surface area contributed by atoms with Gasteiger partial charge in [-0.1, -0.05) is 11.2 Å². The maximum absolute atomic E-state index is 13.0. The van der Waals surface area contributed by atoms with E-state index in [2.05, 4.69) is 37.8 Å². The lowest BCUT2D eigenvalue weighted by Crippen LogP contribution is -2.44. The summed E-state index contributed by atoms with van der Waals surface area (Å²) in [7, 11) is -1.55. The smallest absolute Gasteiger partial charge is 0.322 e. The maximum Gasteiger partial charge on any atom is 0.322 e. The maximum atomic E-state index is 13.0. The highest BCUT2D eigenvalue weighted by molar-refractivity contribution is 7.89. The highest BCUT2D eigenvalue weighted by atomic mass is 32.2. The third-order valence-corrected chi connectivity index (χ3v) is 8.72. The Labute approximate surface area is 205 Å². The average molecular weight is 505 g/mol. The first-order chi connectivity index (χ1) is 16.2. The van der Waals surface area contributed by atoms with E-state index in [1.54, 1.807) is 17.6 Å². The third kappa shape index (κ3) is 5.27. The molecule has 0 unspecified atom stereocenters. The lowest BCUT2D eigenvalue weighted by Gasteiger charge is -2.34. The number of sulfonamides is 1. The van der Waals surface area contributed by atoms with Gasteiger partial charge in [0.15, 0.2) is 5.82 Å². The van der Waals surface area contributed by atoms with Crippen LogP contribution in [0.4, 0.5) is 5.69 Å². The van der Waals surface area contributed by atoms with Crippen LogP contribution >= 0.6 is 11.3 Å². The second kappa shape index (κ2) is 10.0. The number of nitrogens with zero attached hydrogens (tertiary/aromatic N) is 5. The fourth-order valence-corrected chi connectivity index (χ4v) is 6.89. The van der Waals surface area contributed by atoms with Crippen LogP contribution in [0.1, 0.15) is 35.5 Å². The topological polar surface area (TPSA) is 92.6 Å². The molecule has 4 rings (SSSR count). The Morgan fingerprint density at radius 3 is 2.53 bits per heavy atom. The lowest BCUT2D eigenvalue weighted by atomic mass is 10.2. The molecule has 3 aromatic rings. The van der Waals surface area contributed by atoms with Gasteiger partial charge in [0.2, 0.25) is 10.0 Å². The van der Waals surface area contributed by atoms with Crippen molar-refractivity contribution < 1.29 is 13.2 Å². The minimum absolute atomic E-state index is 0.307. The molecule has 11 heteroatoms. The summed E-state index contributed by atoms with van der Waals surface area (Å²) in [5.74, 6) is 1.17. The Morgan fingerprint density at radius 1 is 1.15 bits per heavy atom. The van der Waals surface area contributed by atoms with Gasteiger partial charge in [0.25, 0.3) is 0 Å². The summed E-state index contributed by atoms with van der Waals surface area (Å²) in [6, 6.07) is 9.40. The van der Waals surface area contributed by atoms with Gasteiger partial charge in [0.05, 0.1) is 10.9 Å². The summed E-state index contributed by atoms with van der Waals surface area (Å²) in [5, 5.41) is 8.47. The van der Waals surface area contributed by atoms with Gasteiger partial charge in [-0.3, -0.25) is 4.57 Å². The molecule has 0 saturated carbocycles. The molecule has 9 nitrogen and oxygen atoms in total. The van der Waals surface area contributed by atoms with Gasteiger partial charge in [-0.05, 0) is 52.9 Å². The van der Waals surface area contributed by atoms with Crippen LogP contribution in [0.15, 0.2) is 35.2 Å². The van der Waals surface area contributed by atoms with Gasteiger partial charge in [-0.2, -0.15) is 0 Å². The summed E-state index contributed by atoms with van der Waals surface area (Å²) in [6.07, 6.45) is 0. The Hall–Kier alpha value is -2.47. The van der Waals surface area contributed by atoms with Crippen LogP contribution in [0, 0.1) is 13.8 Å². The molecule has 1 saturated heterocycles. The SMILES string of the molecule is CCn1c(Oc2cccc(N3CCN(C)CC3)c2)nnc1[C@@H](C)NS(=O)(=O)c1cc(C)sc1C. The van der Waals surface area contributed by atoms with E-state index in [0.717, 1.165) is 41.6 Å². The summed E-state index contributed by atoms with van der Waals surface area (Å²) >= 11 is 1.47. The van der Waals surface area contributed by atoms with Crippen LogP contribution in [0.25, 0.3) is 0 Å². The minimum atomic E-state index is -3.68. The van der Waals surface area contributed by atoms with Crippen LogP contribution < -0.4 is 14.4 Å². The molecule has 0 spiro atoms. The van der Waals surface area contributed by atoms with Crippen molar-refractivity contribution in [1.29, 1.82) is 0 Å². The van der Waals surface area contributed by atoms with E-state index in [0.29, 0.717) is 29.0 Å². The van der Waals surface area contributed by atoms with E-state index < -0.39 is 16.1 Å². The second-order valence-electron chi connectivity index (χ2n) is 8.60. The van der Waals surface area contributed by atoms with Crippen LogP contribution in [0.2, 0.25) is 0 Å². The van der Waals surface area contributed by atoms with Crippen molar-refractivity contribution in [3.05, 3.63) is 45.9 Å². The monoisotopic (exact) mass is 504 g/mol. The predicted molar refractivity (Wildman–Crippen MR) is 134 cm³/mol. The largest absolute Gasteiger partial charge is 0.424 e. The number of hydrogen-bond acceptors (Lipinski definition) is 8. The minimum Gasteiger partial charge on any atom is -0.424 e. The number of likely N-dealkylation sites (N-methyl/N-ethyl adjacent to an activating group) is 1. The molecule has 1 N–H and O–H groups in total. The van der Waals surface area contributed by atoms with E-state index in [9.17, 15) is 8.42 Å². The molecular weight excluding hydrogens is 472 g/mol. The van der Waals surface area contributed by atoms with Gasteiger partial charge in [0.1, 0.15) is 5.75 Å². The van der Waals surface area contributed by atoms with E-state index in [1.165, 1.54) is 11.3 Å². The predicted octanol–water partition coefficient (Wildman–Crippen LogP) is 3.56. The zero-order chi connectivity index (χ0) is 24.5. The molecule has 184 valence electrons. The second-order valence-corrected chi connectivity index (χ2v) is 11.7. The quantitative estimate of drug-likeness (QED) is 0.501. The van der Waals surface area contributed by atoms with Gasteiger partial charge < -0.3 is 14.5 Å². The Morgan fingerprint density at radius 2 is 1.88 bits per heavy atom. The molecule has 1 aromatic carbocycles. The zero-order valence-electron chi connectivity index (χ0n) is 20.3.